The van der Waals surface area contributed by atoms with Crippen molar-refractivity contribution in [2.75, 3.05) is 25.0 Å². The molecule has 1 saturated heterocycles. The number of halogens is 1. The summed E-state index contributed by atoms with van der Waals surface area (Å²) in [6, 6.07) is 0. The molecule has 0 aliphatic carbocycles. The van der Waals surface area contributed by atoms with E-state index in [0.717, 1.165) is 37.8 Å². The molecule has 0 spiro atoms. The van der Waals surface area contributed by atoms with Gasteiger partial charge in [-0.25, -0.2) is 0 Å². The van der Waals surface area contributed by atoms with Crippen molar-refractivity contribution in [2.45, 2.75) is 57.8 Å². The smallest absolute Gasteiger partial charge is 0.221 e. The van der Waals surface area contributed by atoms with Crippen LogP contribution in [0.4, 0.5) is 0 Å². The van der Waals surface area contributed by atoms with Crippen LogP contribution in [-0.4, -0.2) is 35.8 Å². The molecule has 1 heterocycles. The number of primary amides is 1. The van der Waals surface area contributed by atoms with Gasteiger partial charge in [0.25, 0.3) is 0 Å². The first-order valence-corrected chi connectivity index (χ1v) is 8.94. The number of alkyl halides is 1. The van der Waals surface area contributed by atoms with Crippen molar-refractivity contribution in [3.63, 3.8) is 0 Å². The first-order valence-electron chi connectivity index (χ1n) is 7.81. The Hall–Kier alpha value is -0.0900. The van der Waals surface area contributed by atoms with Crippen molar-refractivity contribution in [3.05, 3.63) is 0 Å². The molecule has 1 aliphatic rings. The molecule has 1 unspecified atom stereocenters. The topological polar surface area (TPSA) is 46.3 Å². The minimum atomic E-state index is -0.114. The number of hydrogen-bond acceptors (Lipinski definition) is 2. The molecule has 19 heavy (non-hydrogen) atoms. The van der Waals surface area contributed by atoms with Gasteiger partial charge in [-0.2, -0.15) is 0 Å². The highest BCUT2D eigenvalue weighted by atomic mass is 79.9. The van der Waals surface area contributed by atoms with Gasteiger partial charge in [-0.3, -0.25) is 4.79 Å². The monoisotopic (exact) mass is 332 g/mol. The second-order valence-electron chi connectivity index (χ2n) is 5.71. The van der Waals surface area contributed by atoms with Gasteiger partial charge in [-0.05, 0) is 38.8 Å². The normalized spacial score (nSPS) is 20.6. The molecule has 3 nitrogen and oxygen atoms in total. The standard InChI is InChI=1S/C15H29BrN2O/c16-10-6-4-2-1-3-5-7-11-18-12-8-9-14(13-18)15(17)19/h14H,1-13H2,(H2,17,19). The number of likely N-dealkylation sites (tertiary alicyclic amines) is 1. The maximum atomic E-state index is 11.2. The first kappa shape index (κ1) is 17.0. The van der Waals surface area contributed by atoms with E-state index in [1.54, 1.807) is 0 Å². The Morgan fingerprint density at radius 1 is 1.11 bits per heavy atom. The molecule has 0 aromatic heterocycles. The number of piperidine rings is 1. The molecule has 1 atom stereocenters. The van der Waals surface area contributed by atoms with Gasteiger partial charge < -0.3 is 10.6 Å². The van der Waals surface area contributed by atoms with E-state index in [1.165, 1.54) is 44.9 Å². The SMILES string of the molecule is NC(=O)C1CCCN(CCCCCCCCCBr)C1. The molecule has 1 fully saturated rings. The van der Waals surface area contributed by atoms with E-state index in [9.17, 15) is 4.79 Å². The number of carbonyl (C=O) groups excluding carboxylic acids is 1. The van der Waals surface area contributed by atoms with Crippen molar-refractivity contribution >= 4 is 21.8 Å². The highest BCUT2D eigenvalue weighted by Crippen LogP contribution is 2.17. The lowest BCUT2D eigenvalue weighted by atomic mass is 9.97. The highest BCUT2D eigenvalue weighted by Gasteiger charge is 2.23. The van der Waals surface area contributed by atoms with E-state index in [-0.39, 0.29) is 11.8 Å². The van der Waals surface area contributed by atoms with Crippen LogP contribution >= 0.6 is 15.9 Å². The second kappa shape index (κ2) is 10.7. The molecule has 0 radical (unpaired) electrons. The van der Waals surface area contributed by atoms with Gasteiger partial charge in [0.05, 0.1) is 5.92 Å². The van der Waals surface area contributed by atoms with Crippen molar-refractivity contribution in [3.8, 4) is 0 Å². The summed E-state index contributed by atoms with van der Waals surface area (Å²) in [5, 5.41) is 1.14. The van der Waals surface area contributed by atoms with E-state index in [0.29, 0.717) is 0 Å². The number of amides is 1. The molecule has 0 saturated carbocycles. The first-order chi connectivity index (χ1) is 9.24. The van der Waals surface area contributed by atoms with E-state index in [1.807, 2.05) is 0 Å². The molecule has 0 bridgehead atoms. The van der Waals surface area contributed by atoms with Gasteiger partial charge in [0.2, 0.25) is 5.91 Å². The molecule has 4 heteroatoms. The van der Waals surface area contributed by atoms with Crippen LogP contribution in [0.2, 0.25) is 0 Å². The lowest BCUT2D eigenvalue weighted by Crippen LogP contribution is -2.41. The summed E-state index contributed by atoms with van der Waals surface area (Å²) in [5.74, 6) is -0.0190. The van der Waals surface area contributed by atoms with Gasteiger partial charge in [0.15, 0.2) is 0 Å². The highest BCUT2D eigenvalue weighted by molar-refractivity contribution is 9.09. The molecule has 1 aliphatic heterocycles. The minimum Gasteiger partial charge on any atom is -0.369 e. The second-order valence-corrected chi connectivity index (χ2v) is 6.50. The van der Waals surface area contributed by atoms with Crippen LogP contribution in [0.25, 0.3) is 0 Å². The maximum absolute atomic E-state index is 11.2. The quantitative estimate of drug-likeness (QED) is 0.492. The molecular weight excluding hydrogens is 304 g/mol. The van der Waals surface area contributed by atoms with Crippen LogP contribution in [0.1, 0.15) is 57.8 Å². The minimum absolute atomic E-state index is 0.0954. The summed E-state index contributed by atoms with van der Waals surface area (Å²) in [4.78, 5) is 13.6. The van der Waals surface area contributed by atoms with Gasteiger partial charge in [0, 0.05) is 11.9 Å². The fraction of sp³-hybridized carbons (Fsp3) is 0.933. The largest absolute Gasteiger partial charge is 0.369 e. The van der Waals surface area contributed by atoms with Crippen molar-refractivity contribution in [1.82, 2.24) is 4.90 Å². The number of unbranched alkanes of at least 4 members (excludes halogenated alkanes) is 6. The predicted molar refractivity (Wildman–Crippen MR) is 84.5 cm³/mol. The van der Waals surface area contributed by atoms with Crippen LogP contribution in [-0.2, 0) is 4.79 Å². The molecule has 1 rings (SSSR count). The van der Waals surface area contributed by atoms with E-state index < -0.39 is 0 Å². The van der Waals surface area contributed by atoms with Crippen molar-refractivity contribution in [1.29, 1.82) is 0 Å². The van der Waals surface area contributed by atoms with Crippen LogP contribution in [0.3, 0.4) is 0 Å². The van der Waals surface area contributed by atoms with Crippen LogP contribution < -0.4 is 5.73 Å². The van der Waals surface area contributed by atoms with E-state index in [2.05, 4.69) is 20.8 Å². The van der Waals surface area contributed by atoms with Crippen LogP contribution in [0.5, 0.6) is 0 Å². The average molecular weight is 333 g/mol. The zero-order valence-electron chi connectivity index (χ0n) is 12.1. The van der Waals surface area contributed by atoms with Crippen LogP contribution in [0.15, 0.2) is 0 Å². The Bertz CT molecular complexity index is 248. The van der Waals surface area contributed by atoms with Gasteiger partial charge >= 0.3 is 0 Å². The summed E-state index contributed by atoms with van der Waals surface area (Å²) < 4.78 is 0. The van der Waals surface area contributed by atoms with Crippen molar-refractivity contribution in [2.24, 2.45) is 11.7 Å². The summed E-state index contributed by atoms with van der Waals surface area (Å²) in [6.45, 7) is 3.18. The Morgan fingerprint density at radius 3 is 2.37 bits per heavy atom. The third-order valence-corrected chi connectivity index (χ3v) is 4.58. The zero-order valence-corrected chi connectivity index (χ0v) is 13.7. The van der Waals surface area contributed by atoms with Gasteiger partial charge in [0.1, 0.15) is 0 Å². The van der Waals surface area contributed by atoms with Crippen LogP contribution in [0, 0.1) is 5.92 Å². The molecule has 0 aromatic rings. The number of nitrogens with two attached hydrogens (primary N) is 1. The Morgan fingerprint density at radius 2 is 1.74 bits per heavy atom. The molecule has 1 amide bonds. The molecule has 112 valence electrons. The van der Waals surface area contributed by atoms with Gasteiger partial charge in [-0.1, -0.05) is 48.0 Å². The van der Waals surface area contributed by atoms with Gasteiger partial charge in [-0.15, -0.1) is 0 Å². The summed E-state index contributed by atoms with van der Waals surface area (Å²) >= 11 is 3.46. The fourth-order valence-corrected chi connectivity index (χ4v) is 3.20. The Balaban J connectivity index is 1.95. The average Bonchev–Trinajstić information content (AvgIpc) is 2.42. The predicted octanol–water partition coefficient (Wildman–Crippen LogP) is 3.31. The summed E-state index contributed by atoms with van der Waals surface area (Å²) in [7, 11) is 0. The fourth-order valence-electron chi connectivity index (χ4n) is 2.80. The van der Waals surface area contributed by atoms with E-state index >= 15 is 0 Å². The van der Waals surface area contributed by atoms with E-state index in [4.69, 9.17) is 5.73 Å². The third kappa shape index (κ3) is 7.93. The third-order valence-electron chi connectivity index (χ3n) is 4.02. The number of hydrogen-bond donors (Lipinski definition) is 1. The Kier molecular flexibility index (Phi) is 9.52. The number of rotatable bonds is 10. The molecular formula is C15H29BrN2O. The zero-order chi connectivity index (χ0) is 13.9. The Labute approximate surface area is 126 Å². The molecule has 2 N–H and O–H groups in total. The number of carbonyl (C=O) groups is 1. The maximum Gasteiger partial charge on any atom is 0.221 e. The summed E-state index contributed by atoms with van der Waals surface area (Å²) in [5.41, 5.74) is 5.39. The lowest BCUT2D eigenvalue weighted by Gasteiger charge is -2.31. The number of nitrogens with zero attached hydrogens (tertiary/aromatic N) is 1. The molecule has 0 aromatic carbocycles. The lowest BCUT2D eigenvalue weighted by molar-refractivity contribution is -0.123. The van der Waals surface area contributed by atoms with Crippen molar-refractivity contribution < 1.29 is 4.79 Å². The summed E-state index contributed by atoms with van der Waals surface area (Å²) in [6.07, 6.45) is 11.5.